The van der Waals surface area contributed by atoms with Crippen molar-refractivity contribution >= 4 is 22.9 Å². The summed E-state index contributed by atoms with van der Waals surface area (Å²) in [5.74, 6) is 0.124. The van der Waals surface area contributed by atoms with Crippen molar-refractivity contribution < 1.29 is 4.79 Å². The zero-order chi connectivity index (χ0) is 26.3. The number of rotatable bonds is 9. The minimum Gasteiger partial charge on any atom is -0.344 e. The molecule has 5 rings (SSSR count). The van der Waals surface area contributed by atoms with Crippen LogP contribution in [0.3, 0.4) is 0 Å². The molecule has 0 spiro atoms. The highest BCUT2D eigenvalue weighted by Gasteiger charge is 2.20. The zero-order valence-electron chi connectivity index (χ0n) is 23.2. The van der Waals surface area contributed by atoms with E-state index in [-0.39, 0.29) is 5.91 Å². The number of piperazine rings is 2. The lowest BCUT2D eigenvalue weighted by Crippen LogP contribution is -2.48. The fourth-order valence-electron chi connectivity index (χ4n) is 5.86. The van der Waals surface area contributed by atoms with Crippen LogP contribution in [0.4, 0.5) is 0 Å². The highest BCUT2D eigenvalue weighted by Crippen LogP contribution is 2.27. The summed E-state index contributed by atoms with van der Waals surface area (Å²) >= 11 is 0. The average Bonchev–Trinajstić information content (AvgIpc) is 3.22. The van der Waals surface area contributed by atoms with Crippen molar-refractivity contribution in [2.75, 3.05) is 72.5 Å². The third kappa shape index (κ3) is 6.55. The molecular weight excluding hydrogens is 470 g/mol. The van der Waals surface area contributed by atoms with E-state index >= 15 is 0 Å². The van der Waals surface area contributed by atoms with Crippen LogP contribution in [-0.2, 0) is 17.8 Å². The molecular formula is C32H43N5O. The fraction of sp³-hybridized carbons (Fsp3) is 0.469. The van der Waals surface area contributed by atoms with Gasteiger partial charge in [-0.25, -0.2) is 0 Å². The number of amides is 1. The van der Waals surface area contributed by atoms with E-state index in [1.807, 2.05) is 4.90 Å². The minimum atomic E-state index is 0.124. The lowest BCUT2D eigenvalue weighted by molar-refractivity contribution is -0.127. The van der Waals surface area contributed by atoms with Crippen LogP contribution >= 0.6 is 0 Å². The molecule has 2 saturated heterocycles. The number of hydrogen-bond donors (Lipinski definition) is 0. The van der Waals surface area contributed by atoms with Gasteiger partial charge in [-0.05, 0) is 51.1 Å². The molecule has 0 unspecified atom stereocenters. The van der Waals surface area contributed by atoms with Gasteiger partial charge in [-0.1, -0.05) is 48.5 Å². The van der Waals surface area contributed by atoms with Gasteiger partial charge in [-0.3, -0.25) is 9.69 Å². The first kappa shape index (κ1) is 26.7. The van der Waals surface area contributed by atoms with Crippen LogP contribution in [0, 0.1) is 6.92 Å². The summed E-state index contributed by atoms with van der Waals surface area (Å²) in [4.78, 5) is 22.6. The molecule has 0 saturated carbocycles. The number of carbonyl (C=O) groups is 1. The number of fused-ring (bicyclic) bond motifs is 1. The predicted octanol–water partition coefficient (Wildman–Crippen LogP) is 3.99. The molecule has 2 aliphatic heterocycles. The number of para-hydroxylation sites is 1. The average molecular weight is 514 g/mol. The molecule has 0 bridgehead atoms. The van der Waals surface area contributed by atoms with E-state index in [0.29, 0.717) is 0 Å². The van der Waals surface area contributed by atoms with Crippen LogP contribution in [-0.4, -0.2) is 103 Å². The molecule has 0 N–H and O–H groups in total. The molecule has 38 heavy (non-hydrogen) atoms. The standard InChI is InChI=1S/C32H43N5O/c1-27-29(13-14-32(38)36-25-23-35(24-26-36)18-15-28-9-4-3-5-10-28)30-11-6-7-12-31(30)37(27)17-8-16-34-21-19-33(2)20-22-34/h3-7,9-14H,8,15-26H2,1-2H3. The molecule has 0 aliphatic carbocycles. The number of aryl methyl sites for hydroxylation is 1. The van der Waals surface area contributed by atoms with Crippen LogP contribution < -0.4 is 0 Å². The van der Waals surface area contributed by atoms with Crippen LogP contribution in [0.5, 0.6) is 0 Å². The normalized spacial score (nSPS) is 18.1. The van der Waals surface area contributed by atoms with E-state index in [9.17, 15) is 4.79 Å². The molecule has 0 atom stereocenters. The van der Waals surface area contributed by atoms with Crippen molar-refractivity contribution in [3.8, 4) is 0 Å². The van der Waals surface area contributed by atoms with Gasteiger partial charge in [-0.15, -0.1) is 0 Å². The summed E-state index contributed by atoms with van der Waals surface area (Å²) < 4.78 is 2.45. The molecule has 2 aliphatic rings. The van der Waals surface area contributed by atoms with E-state index in [4.69, 9.17) is 0 Å². The Labute approximate surface area is 228 Å². The molecule has 1 amide bonds. The van der Waals surface area contributed by atoms with Gasteiger partial charge in [0.25, 0.3) is 0 Å². The molecule has 6 heteroatoms. The van der Waals surface area contributed by atoms with E-state index in [0.717, 1.165) is 71.7 Å². The van der Waals surface area contributed by atoms with E-state index in [2.05, 4.69) is 93.9 Å². The van der Waals surface area contributed by atoms with Crippen molar-refractivity contribution in [3.05, 3.63) is 77.5 Å². The molecule has 2 fully saturated rings. The topological polar surface area (TPSA) is 35.0 Å². The van der Waals surface area contributed by atoms with Crippen LogP contribution in [0.2, 0.25) is 0 Å². The van der Waals surface area contributed by atoms with E-state index < -0.39 is 0 Å². The monoisotopic (exact) mass is 513 g/mol. The lowest BCUT2D eigenvalue weighted by Gasteiger charge is -2.34. The largest absolute Gasteiger partial charge is 0.344 e. The van der Waals surface area contributed by atoms with Crippen LogP contribution in [0.15, 0.2) is 60.7 Å². The zero-order valence-corrected chi connectivity index (χ0v) is 23.2. The summed E-state index contributed by atoms with van der Waals surface area (Å²) in [6.45, 7) is 13.5. The maximum Gasteiger partial charge on any atom is 0.246 e. The summed E-state index contributed by atoms with van der Waals surface area (Å²) in [5, 5.41) is 1.24. The smallest absolute Gasteiger partial charge is 0.246 e. The number of aromatic nitrogens is 1. The number of benzene rings is 2. The van der Waals surface area contributed by atoms with E-state index in [1.54, 1.807) is 6.08 Å². The number of likely N-dealkylation sites (N-methyl/N-ethyl adjacent to an activating group) is 1. The Bertz CT molecular complexity index is 1220. The SMILES string of the molecule is Cc1c(C=CC(=O)N2CCN(CCc3ccccc3)CC2)c2ccccc2n1CCCN1CCN(C)CC1. The molecule has 1 aromatic heterocycles. The van der Waals surface area contributed by atoms with Crippen molar-refractivity contribution in [2.45, 2.75) is 26.3 Å². The summed E-state index contributed by atoms with van der Waals surface area (Å²) in [5.41, 5.74) is 5.07. The Kier molecular flexibility index (Phi) is 8.94. The number of carbonyl (C=O) groups excluding carboxylic acids is 1. The number of hydrogen-bond acceptors (Lipinski definition) is 4. The second kappa shape index (κ2) is 12.7. The van der Waals surface area contributed by atoms with Crippen LogP contribution in [0.25, 0.3) is 17.0 Å². The Balaban J connectivity index is 1.17. The quantitative estimate of drug-likeness (QED) is 0.406. The van der Waals surface area contributed by atoms with E-state index in [1.165, 1.54) is 40.8 Å². The Hall–Kier alpha value is -2.93. The van der Waals surface area contributed by atoms with Crippen molar-refractivity contribution in [1.82, 2.24) is 24.2 Å². The van der Waals surface area contributed by atoms with Crippen molar-refractivity contribution in [3.63, 3.8) is 0 Å². The van der Waals surface area contributed by atoms with Gasteiger partial charge < -0.3 is 19.3 Å². The molecule has 2 aromatic carbocycles. The Morgan fingerprint density at radius 1 is 0.789 bits per heavy atom. The fourth-order valence-corrected chi connectivity index (χ4v) is 5.86. The van der Waals surface area contributed by atoms with Gasteiger partial charge in [0.05, 0.1) is 0 Å². The van der Waals surface area contributed by atoms with Gasteiger partial charge in [0.1, 0.15) is 0 Å². The summed E-state index contributed by atoms with van der Waals surface area (Å²) in [6.07, 6.45) is 6.05. The maximum absolute atomic E-state index is 13.1. The van der Waals surface area contributed by atoms with Gasteiger partial charge >= 0.3 is 0 Å². The molecule has 0 radical (unpaired) electrons. The van der Waals surface area contributed by atoms with Gasteiger partial charge in [0.15, 0.2) is 0 Å². The van der Waals surface area contributed by atoms with Crippen molar-refractivity contribution in [2.24, 2.45) is 0 Å². The Morgan fingerprint density at radius 2 is 1.45 bits per heavy atom. The molecule has 3 heterocycles. The Morgan fingerprint density at radius 3 is 2.21 bits per heavy atom. The van der Waals surface area contributed by atoms with Gasteiger partial charge in [0, 0.05) is 93.7 Å². The highest BCUT2D eigenvalue weighted by atomic mass is 16.2. The first-order valence-electron chi connectivity index (χ1n) is 14.3. The third-order valence-electron chi connectivity index (χ3n) is 8.37. The van der Waals surface area contributed by atoms with Crippen LogP contribution in [0.1, 0.15) is 23.2 Å². The first-order valence-corrected chi connectivity index (χ1v) is 14.3. The second-order valence-corrected chi connectivity index (χ2v) is 10.9. The number of nitrogens with zero attached hydrogens (tertiary/aromatic N) is 5. The maximum atomic E-state index is 13.1. The predicted molar refractivity (Wildman–Crippen MR) is 157 cm³/mol. The lowest BCUT2D eigenvalue weighted by atomic mass is 10.1. The molecule has 202 valence electrons. The first-order chi connectivity index (χ1) is 18.6. The van der Waals surface area contributed by atoms with Crippen molar-refractivity contribution in [1.29, 1.82) is 0 Å². The molecule has 3 aromatic rings. The van der Waals surface area contributed by atoms with Gasteiger partial charge in [0.2, 0.25) is 5.91 Å². The van der Waals surface area contributed by atoms with Gasteiger partial charge in [-0.2, -0.15) is 0 Å². The highest BCUT2D eigenvalue weighted by molar-refractivity contribution is 5.97. The second-order valence-electron chi connectivity index (χ2n) is 10.9. The summed E-state index contributed by atoms with van der Waals surface area (Å²) in [7, 11) is 2.21. The molecule has 6 nitrogen and oxygen atoms in total. The summed E-state index contributed by atoms with van der Waals surface area (Å²) in [6, 6.07) is 19.3. The third-order valence-corrected chi connectivity index (χ3v) is 8.37. The minimum absolute atomic E-state index is 0.124.